The molecule has 0 N–H and O–H groups in total. The lowest BCUT2D eigenvalue weighted by atomic mass is 10.3. The Hall–Kier alpha value is -0.870. The monoisotopic (exact) mass is 225 g/mol. The summed E-state index contributed by atoms with van der Waals surface area (Å²) in [6, 6.07) is 4.24. The first-order chi connectivity index (χ1) is 6.79. The second kappa shape index (κ2) is 4.11. The lowest BCUT2D eigenvalue weighted by Gasteiger charge is -1.96. The van der Waals surface area contributed by atoms with Crippen molar-refractivity contribution in [3.63, 3.8) is 0 Å². The Morgan fingerprint density at radius 1 is 1.36 bits per heavy atom. The number of aryl methyl sites for hydroxylation is 1. The van der Waals surface area contributed by atoms with E-state index in [-0.39, 0.29) is 4.87 Å². The second-order valence-corrected chi connectivity index (χ2v) is 5.13. The Morgan fingerprint density at radius 3 is 2.71 bits per heavy atom. The van der Waals surface area contributed by atoms with Crippen LogP contribution in [0.4, 0.5) is 0 Å². The van der Waals surface area contributed by atoms with Crippen molar-refractivity contribution in [3.05, 3.63) is 43.1 Å². The maximum atomic E-state index is 11.3. The van der Waals surface area contributed by atoms with Gasteiger partial charge in [0.1, 0.15) is 0 Å². The van der Waals surface area contributed by atoms with E-state index < -0.39 is 0 Å². The molecular formula is C10H11NOS2. The van der Waals surface area contributed by atoms with Crippen LogP contribution in [-0.4, -0.2) is 4.57 Å². The fourth-order valence-corrected chi connectivity index (χ4v) is 2.82. The SMILES string of the molecule is CCc1ccc(Cn2ccsc2=O)s1. The molecule has 0 spiro atoms. The highest BCUT2D eigenvalue weighted by Gasteiger charge is 2.01. The zero-order valence-corrected chi connectivity index (χ0v) is 9.53. The first-order valence-corrected chi connectivity index (χ1v) is 6.20. The number of thiophene rings is 1. The summed E-state index contributed by atoms with van der Waals surface area (Å²) >= 11 is 3.03. The minimum atomic E-state index is 0.122. The second-order valence-electron chi connectivity index (χ2n) is 3.02. The van der Waals surface area contributed by atoms with Gasteiger partial charge in [0.15, 0.2) is 0 Å². The standard InChI is InChI=1S/C10H11NOS2/c1-2-8-3-4-9(14-8)7-11-5-6-13-10(11)12/h3-6H,2,7H2,1H3. The largest absolute Gasteiger partial charge is 0.307 e. The van der Waals surface area contributed by atoms with E-state index in [1.807, 2.05) is 11.6 Å². The highest BCUT2D eigenvalue weighted by atomic mass is 32.1. The summed E-state index contributed by atoms with van der Waals surface area (Å²) in [5.74, 6) is 0. The molecular weight excluding hydrogens is 214 g/mol. The van der Waals surface area contributed by atoms with Crippen molar-refractivity contribution in [1.29, 1.82) is 0 Å². The Balaban J connectivity index is 2.19. The molecule has 4 heteroatoms. The highest BCUT2D eigenvalue weighted by molar-refractivity contribution is 7.12. The Kier molecular flexibility index (Phi) is 2.84. The summed E-state index contributed by atoms with van der Waals surface area (Å²) < 4.78 is 1.75. The number of hydrogen-bond donors (Lipinski definition) is 0. The van der Waals surface area contributed by atoms with E-state index in [1.165, 1.54) is 21.1 Å². The number of rotatable bonds is 3. The van der Waals surface area contributed by atoms with Gasteiger partial charge in [-0.3, -0.25) is 4.79 Å². The summed E-state index contributed by atoms with van der Waals surface area (Å²) in [4.78, 5) is 14.0. The van der Waals surface area contributed by atoms with Crippen LogP contribution in [-0.2, 0) is 13.0 Å². The average Bonchev–Trinajstić information content (AvgIpc) is 2.77. The van der Waals surface area contributed by atoms with E-state index in [0.717, 1.165) is 6.42 Å². The van der Waals surface area contributed by atoms with Gasteiger partial charge in [0.25, 0.3) is 0 Å². The van der Waals surface area contributed by atoms with Crippen LogP contribution in [0.15, 0.2) is 28.5 Å². The topological polar surface area (TPSA) is 22.0 Å². The molecule has 0 atom stereocenters. The van der Waals surface area contributed by atoms with Crippen LogP contribution >= 0.6 is 22.7 Å². The number of thiazole rings is 1. The molecule has 2 aromatic rings. The van der Waals surface area contributed by atoms with Crippen LogP contribution in [0.3, 0.4) is 0 Å². The van der Waals surface area contributed by atoms with Crippen molar-refractivity contribution in [2.45, 2.75) is 19.9 Å². The first-order valence-electron chi connectivity index (χ1n) is 4.51. The molecule has 0 aliphatic rings. The molecule has 2 rings (SSSR count). The molecule has 2 aromatic heterocycles. The number of nitrogens with zero attached hydrogens (tertiary/aromatic N) is 1. The quantitative estimate of drug-likeness (QED) is 0.787. The van der Waals surface area contributed by atoms with Crippen LogP contribution in [0.2, 0.25) is 0 Å². The van der Waals surface area contributed by atoms with Gasteiger partial charge in [0.05, 0.1) is 6.54 Å². The molecule has 0 saturated heterocycles. The fourth-order valence-electron chi connectivity index (χ4n) is 1.27. The Morgan fingerprint density at radius 2 is 2.14 bits per heavy atom. The van der Waals surface area contributed by atoms with Crippen LogP contribution in [0.25, 0.3) is 0 Å². The lowest BCUT2D eigenvalue weighted by molar-refractivity contribution is 0.796. The van der Waals surface area contributed by atoms with Gasteiger partial charge in [-0.25, -0.2) is 0 Å². The van der Waals surface area contributed by atoms with Crippen molar-refractivity contribution < 1.29 is 0 Å². The Bertz CT molecular complexity index is 466. The van der Waals surface area contributed by atoms with E-state index in [0.29, 0.717) is 6.54 Å². The molecule has 2 nitrogen and oxygen atoms in total. The molecule has 0 radical (unpaired) electrons. The Labute approximate surface area is 90.5 Å². The maximum absolute atomic E-state index is 11.3. The molecule has 0 unspecified atom stereocenters. The molecule has 0 bridgehead atoms. The molecule has 0 aromatic carbocycles. The van der Waals surface area contributed by atoms with Crippen LogP contribution in [0.1, 0.15) is 16.7 Å². The average molecular weight is 225 g/mol. The van der Waals surface area contributed by atoms with Crippen molar-refractivity contribution >= 4 is 22.7 Å². The minimum absolute atomic E-state index is 0.122. The normalized spacial score (nSPS) is 10.6. The first kappa shape index (κ1) is 9.68. The van der Waals surface area contributed by atoms with E-state index in [1.54, 1.807) is 15.9 Å². The van der Waals surface area contributed by atoms with E-state index in [2.05, 4.69) is 19.1 Å². The van der Waals surface area contributed by atoms with Gasteiger partial charge in [-0.1, -0.05) is 18.3 Å². The van der Waals surface area contributed by atoms with Crippen molar-refractivity contribution in [2.24, 2.45) is 0 Å². The van der Waals surface area contributed by atoms with E-state index in [9.17, 15) is 4.79 Å². The molecule has 0 aliphatic carbocycles. The van der Waals surface area contributed by atoms with Crippen molar-refractivity contribution in [1.82, 2.24) is 4.57 Å². The molecule has 0 saturated carbocycles. The third-order valence-electron chi connectivity index (χ3n) is 2.04. The number of aromatic nitrogens is 1. The van der Waals surface area contributed by atoms with Crippen LogP contribution in [0, 0.1) is 0 Å². The molecule has 14 heavy (non-hydrogen) atoms. The van der Waals surface area contributed by atoms with E-state index in [4.69, 9.17) is 0 Å². The van der Waals surface area contributed by atoms with Gasteiger partial charge in [-0.2, -0.15) is 0 Å². The minimum Gasteiger partial charge on any atom is -0.301 e. The summed E-state index contributed by atoms with van der Waals surface area (Å²) in [5, 5.41) is 1.83. The predicted octanol–water partition coefficient (Wildman–Crippen LogP) is 2.58. The zero-order chi connectivity index (χ0) is 9.97. The fraction of sp³-hybridized carbons (Fsp3) is 0.300. The summed E-state index contributed by atoms with van der Waals surface area (Å²) in [6.45, 7) is 2.86. The molecule has 2 heterocycles. The number of hydrogen-bond acceptors (Lipinski definition) is 3. The van der Waals surface area contributed by atoms with Gasteiger partial charge in [-0.15, -0.1) is 11.3 Å². The van der Waals surface area contributed by atoms with Crippen molar-refractivity contribution in [3.8, 4) is 0 Å². The van der Waals surface area contributed by atoms with Crippen LogP contribution in [0.5, 0.6) is 0 Å². The van der Waals surface area contributed by atoms with Gasteiger partial charge < -0.3 is 4.57 Å². The van der Waals surface area contributed by atoms with Gasteiger partial charge in [0.2, 0.25) is 0 Å². The third kappa shape index (κ3) is 1.96. The van der Waals surface area contributed by atoms with Crippen molar-refractivity contribution in [2.75, 3.05) is 0 Å². The summed E-state index contributed by atoms with van der Waals surface area (Å²) in [7, 11) is 0. The zero-order valence-electron chi connectivity index (χ0n) is 7.90. The summed E-state index contributed by atoms with van der Waals surface area (Å²) in [6.07, 6.45) is 2.92. The summed E-state index contributed by atoms with van der Waals surface area (Å²) in [5.41, 5.74) is 0. The van der Waals surface area contributed by atoms with Gasteiger partial charge in [-0.05, 0) is 18.6 Å². The smallest absolute Gasteiger partial charge is 0.301 e. The predicted molar refractivity (Wildman–Crippen MR) is 61.4 cm³/mol. The molecule has 0 amide bonds. The maximum Gasteiger partial charge on any atom is 0.307 e. The highest BCUT2D eigenvalue weighted by Crippen LogP contribution is 2.17. The lowest BCUT2D eigenvalue weighted by Crippen LogP contribution is -2.11. The van der Waals surface area contributed by atoms with Gasteiger partial charge >= 0.3 is 4.87 Å². The van der Waals surface area contributed by atoms with Gasteiger partial charge in [0, 0.05) is 21.3 Å². The molecule has 0 fully saturated rings. The molecule has 74 valence electrons. The van der Waals surface area contributed by atoms with E-state index >= 15 is 0 Å². The third-order valence-corrected chi connectivity index (χ3v) is 3.94. The molecule has 0 aliphatic heterocycles. The van der Waals surface area contributed by atoms with Crippen LogP contribution < -0.4 is 4.87 Å².